The van der Waals surface area contributed by atoms with Gasteiger partial charge >= 0.3 is 0 Å². The molecule has 1 atom stereocenters. The molecule has 0 radical (unpaired) electrons. The first-order valence-electron chi connectivity index (χ1n) is 12.4. The van der Waals surface area contributed by atoms with Crippen LogP contribution < -0.4 is 5.32 Å². The van der Waals surface area contributed by atoms with E-state index in [1.807, 2.05) is 12.3 Å². The molecular weight excluding hydrogens is 502 g/mol. The van der Waals surface area contributed by atoms with Crippen molar-refractivity contribution >= 4 is 21.8 Å². The predicted octanol–water partition coefficient (Wildman–Crippen LogP) is 4.41. The number of halogens is 1. The van der Waals surface area contributed by atoms with Crippen LogP contribution in [0.25, 0.3) is 11.3 Å². The number of hydrogen-bond acceptors (Lipinski definition) is 5. The Labute approximate surface area is 215 Å². The maximum atomic E-state index is 13.0. The van der Waals surface area contributed by atoms with Crippen LogP contribution in [0.5, 0.6) is 0 Å². The van der Waals surface area contributed by atoms with Gasteiger partial charge in [-0.1, -0.05) is 46.3 Å². The lowest BCUT2D eigenvalue weighted by molar-refractivity contribution is -0.125. The van der Waals surface area contributed by atoms with E-state index in [4.69, 9.17) is 4.98 Å². The number of fused-ring (bicyclic) bond motifs is 8. The van der Waals surface area contributed by atoms with Crippen LogP contribution in [0.4, 0.5) is 0 Å². The van der Waals surface area contributed by atoms with Gasteiger partial charge in [0.25, 0.3) is 0 Å². The average Bonchev–Trinajstić information content (AvgIpc) is 3.29. The quantitative estimate of drug-likeness (QED) is 0.463. The summed E-state index contributed by atoms with van der Waals surface area (Å²) in [6.45, 7) is 4.24. The molecule has 1 fully saturated rings. The fourth-order valence-electron chi connectivity index (χ4n) is 5.14. The third kappa shape index (κ3) is 6.15. The number of nitrogens with zero attached hydrogens (tertiary/aromatic N) is 4. The molecule has 7 heteroatoms. The molecule has 1 N–H and O–H groups in total. The van der Waals surface area contributed by atoms with Crippen molar-refractivity contribution in [2.24, 2.45) is 0 Å². The van der Waals surface area contributed by atoms with E-state index >= 15 is 0 Å². The molecule has 35 heavy (non-hydrogen) atoms. The molecule has 0 saturated carbocycles. The van der Waals surface area contributed by atoms with Crippen LogP contribution in [0, 0.1) is 0 Å². The first kappa shape index (κ1) is 24.1. The average molecular weight is 535 g/mol. The van der Waals surface area contributed by atoms with Gasteiger partial charge in [-0.2, -0.15) is 0 Å². The Hall–Kier alpha value is -2.61. The minimum Gasteiger partial charge on any atom is -0.355 e. The van der Waals surface area contributed by atoms with Crippen molar-refractivity contribution < 1.29 is 4.79 Å². The van der Waals surface area contributed by atoms with Gasteiger partial charge in [-0.25, -0.2) is 9.97 Å². The van der Waals surface area contributed by atoms with E-state index in [1.54, 1.807) is 0 Å². The Kier molecular flexibility index (Phi) is 7.56. The number of carbonyl (C=O) groups excluding carboxylic acids is 1. The lowest BCUT2D eigenvalue weighted by Gasteiger charge is -2.24. The molecule has 4 heterocycles. The predicted molar refractivity (Wildman–Crippen MR) is 142 cm³/mol. The molecule has 0 unspecified atom stereocenters. The summed E-state index contributed by atoms with van der Waals surface area (Å²) in [4.78, 5) is 27.0. The van der Waals surface area contributed by atoms with E-state index in [-0.39, 0.29) is 11.9 Å². The van der Waals surface area contributed by atoms with Crippen molar-refractivity contribution in [2.45, 2.75) is 44.8 Å². The van der Waals surface area contributed by atoms with Gasteiger partial charge in [0.1, 0.15) is 5.82 Å². The van der Waals surface area contributed by atoms with Crippen molar-refractivity contribution in [1.29, 1.82) is 0 Å². The molecule has 3 aliphatic heterocycles. The zero-order valence-corrected chi connectivity index (χ0v) is 21.8. The number of nitrogens with one attached hydrogen (secondary N) is 1. The Morgan fingerprint density at radius 3 is 2.66 bits per heavy atom. The highest BCUT2D eigenvalue weighted by Crippen LogP contribution is 2.25. The van der Waals surface area contributed by atoms with E-state index in [9.17, 15) is 4.79 Å². The van der Waals surface area contributed by atoms with Crippen molar-refractivity contribution in [3.05, 3.63) is 81.7 Å². The molecule has 3 aromatic rings. The molecule has 3 aliphatic rings. The van der Waals surface area contributed by atoms with E-state index in [2.05, 4.69) is 85.5 Å². The van der Waals surface area contributed by atoms with Gasteiger partial charge < -0.3 is 10.2 Å². The fourth-order valence-corrected chi connectivity index (χ4v) is 5.72. The van der Waals surface area contributed by atoms with Crippen LogP contribution in [0.3, 0.4) is 0 Å². The number of carbonyl (C=O) groups is 1. The Bertz CT molecular complexity index is 1180. The zero-order chi connectivity index (χ0) is 24.2. The first-order chi connectivity index (χ1) is 17.0. The second kappa shape index (κ2) is 11.0. The second-order valence-corrected chi connectivity index (χ2v) is 10.6. The van der Waals surface area contributed by atoms with Gasteiger partial charge in [-0.3, -0.25) is 9.69 Å². The first-order valence-corrected chi connectivity index (χ1v) is 13.2. The summed E-state index contributed by atoms with van der Waals surface area (Å²) in [7, 11) is 2.13. The molecule has 0 aliphatic carbocycles. The molecule has 182 valence electrons. The molecule has 1 aromatic heterocycles. The lowest BCUT2D eigenvalue weighted by Crippen LogP contribution is -2.43. The summed E-state index contributed by atoms with van der Waals surface area (Å²) in [5, 5.41) is 3.19. The Morgan fingerprint density at radius 1 is 0.971 bits per heavy atom. The summed E-state index contributed by atoms with van der Waals surface area (Å²) in [6.07, 6.45) is 5.42. The van der Waals surface area contributed by atoms with Crippen LogP contribution in [0.15, 0.2) is 59.2 Å². The van der Waals surface area contributed by atoms with Crippen molar-refractivity contribution in [2.75, 3.05) is 26.7 Å². The molecule has 2 aromatic carbocycles. The topological polar surface area (TPSA) is 61.4 Å². The smallest absolute Gasteiger partial charge is 0.237 e. The SMILES string of the molecule is CN1CCCNC(=O)[C@@H]2CCCN2Cc2cc(Br)cc(c2)Cc2nccc(n2)-c2ccc(cc2)C1. The summed E-state index contributed by atoms with van der Waals surface area (Å²) in [6, 6.07) is 17.1. The number of amides is 1. The van der Waals surface area contributed by atoms with Crippen LogP contribution in [-0.4, -0.2) is 58.4 Å². The molecule has 1 amide bonds. The van der Waals surface area contributed by atoms with Crippen LogP contribution >= 0.6 is 15.9 Å². The summed E-state index contributed by atoms with van der Waals surface area (Å²) >= 11 is 3.69. The molecule has 1 saturated heterocycles. The standard InChI is InChI=1S/C28H32BrN5O/c1-33-12-3-10-31-28(35)26-4-2-13-34(26)19-22-14-21(15-24(29)16-22)17-27-30-11-9-25(32-27)23-7-5-20(18-33)6-8-23/h5-9,11,14-16,26H,2-4,10,12-13,17-19H2,1H3,(H,31,35)/t26-/m0/s1. The molecule has 0 spiro atoms. The van der Waals surface area contributed by atoms with Gasteiger partial charge in [0.05, 0.1) is 11.7 Å². The highest BCUT2D eigenvalue weighted by molar-refractivity contribution is 9.10. The molecule has 6 rings (SSSR count). The largest absolute Gasteiger partial charge is 0.355 e. The number of hydrogen-bond donors (Lipinski definition) is 1. The third-order valence-electron chi connectivity index (χ3n) is 6.86. The van der Waals surface area contributed by atoms with Gasteiger partial charge in [0, 0.05) is 42.3 Å². The Morgan fingerprint density at radius 2 is 1.80 bits per heavy atom. The summed E-state index contributed by atoms with van der Waals surface area (Å²) in [5.74, 6) is 0.965. The number of benzene rings is 2. The van der Waals surface area contributed by atoms with Gasteiger partial charge in [0.15, 0.2) is 0 Å². The highest BCUT2D eigenvalue weighted by atomic mass is 79.9. The van der Waals surface area contributed by atoms with Crippen molar-refractivity contribution in [1.82, 2.24) is 25.1 Å². The maximum Gasteiger partial charge on any atom is 0.237 e. The van der Waals surface area contributed by atoms with Crippen molar-refractivity contribution in [3.8, 4) is 11.3 Å². The third-order valence-corrected chi connectivity index (χ3v) is 7.31. The second-order valence-electron chi connectivity index (χ2n) is 9.71. The summed E-state index contributed by atoms with van der Waals surface area (Å²) < 4.78 is 1.04. The Balaban J connectivity index is 1.45. The number of aromatic nitrogens is 2. The van der Waals surface area contributed by atoms with E-state index < -0.39 is 0 Å². The fraction of sp³-hybridized carbons (Fsp3) is 0.393. The van der Waals surface area contributed by atoms with E-state index in [1.165, 1.54) is 11.1 Å². The molecular formula is C28H32BrN5O. The normalized spacial score (nSPS) is 20.2. The highest BCUT2D eigenvalue weighted by Gasteiger charge is 2.30. The van der Waals surface area contributed by atoms with Gasteiger partial charge in [-0.05, 0) is 74.3 Å². The molecule has 6 nitrogen and oxygen atoms in total. The van der Waals surface area contributed by atoms with Gasteiger partial charge in [0.2, 0.25) is 5.91 Å². The van der Waals surface area contributed by atoms with E-state index in [0.29, 0.717) is 13.0 Å². The zero-order valence-electron chi connectivity index (χ0n) is 20.2. The minimum atomic E-state index is -0.0532. The molecule has 6 bridgehead atoms. The summed E-state index contributed by atoms with van der Waals surface area (Å²) in [5.41, 5.74) is 5.68. The number of rotatable bonds is 0. The van der Waals surface area contributed by atoms with E-state index in [0.717, 1.165) is 72.6 Å². The van der Waals surface area contributed by atoms with Crippen LogP contribution in [-0.2, 0) is 24.3 Å². The maximum absolute atomic E-state index is 13.0. The van der Waals surface area contributed by atoms with Crippen molar-refractivity contribution in [3.63, 3.8) is 0 Å². The monoisotopic (exact) mass is 533 g/mol. The van der Waals surface area contributed by atoms with Crippen LogP contribution in [0.1, 0.15) is 41.8 Å². The minimum absolute atomic E-state index is 0.0532. The van der Waals surface area contributed by atoms with Crippen LogP contribution in [0.2, 0.25) is 0 Å². The van der Waals surface area contributed by atoms with Gasteiger partial charge in [-0.15, -0.1) is 0 Å². The lowest BCUT2D eigenvalue weighted by atomic mass is 10.1.